The molecule has 1 amide bonds. The van der Waals surface area contributed by atoms with Crippen LogP contribution in [-0.4, -0.2) is 10.8 Å². The van der Waals surface area contributed by atoms with Gasteiger partial charge in [-0.1, -0.05) is 6.07 Å². The van der Waals surface area contributed by atoms with Crippen LogP contribution in [0.2, 0.25) is 0 Å². The predicted molar refractivity (Wildman–Crippen MR) is 86.4 cm³/mol. The summed E-state index contributed by atoms with van der Waals surface area (Å²) < 4.78 is 0. The van der Waals surface area contributed by atoms with Crippen LogP contribution in [-0.2, 0) is 4.79 Å². The van der Waals surface area contributed by atoms with Crippen molar-refractivity contribution in [3.05, 3.63) is 69.8 Å². The van der Waals surface area contributed by atoms with Crippen LogP contribution in [0.15, 0.2) is 48.5 Å². The summed E-state index contributed by atoms with van der Waals surface area (Å²) >= 11 is 0. The molecule has 0 aromatic heterocycles. The number of carbonyl (C=O) groups is 1. The summed E-state index contributed by atoms with van der Waals surface area (Å²) in [6.07, 6.45) is 2.92. The van der Waals surface area contributed by atoms with E-state index >= 15 is 0 Å². The minimum atomic E-state index is -0.472. The molecule has 0 unspecified atom stereocenters. The predicted octanol–water partition coefficient (Wildman–Crippen LogP) is 3.14. The molecular formula is C16H15N3O3. The average molecular weight is 297 g/mol. The molecule has 0 fully saturated rings. The molecule has 0 bridgehead atoms. The number of benzene rings is 2. The van der Waals surface area contributed by atoms with Crippen molar-refractivity contribution in [2.75, 3.05) is 11.1 Å². The Bertz CT molecular complexity index is 737. The lowest BCUT2D eigenvalue weighted by atomic mass is 10.2. The Morgan fingerprint density at radius 3 is 2.50 bits per heavy atom. The van der Waals surface area contributed by atoms with E-state index in [1.807, 2.05) is 13.0 Å². The highest BCUT2D eigenvalue weighted by Crippen LogP contribution is 2.19. The fourth-order valence-electron chi connectivity index (χ4n) is 1.85. The van der Waals surface area contributed by atoms with Crippen molar-refractivity contribution < 1.29 is 9.72 Å². The third-order valence-electron chi connectivity index (χ3n) is 3.00. The number of anilines is 2. The lowest BCUT2D eigenvalue weighted by Gasteiger charge is -2.06. The van der Waals surface area contributed by atoms with Gasteiger partial charge in [0.25, 0.3) is 5.69 Å². The number of nitro groups is 1. The fourth-order valence-corrected chi connectivity index (χ4v) is 1.85. The van der Waals surface area contributed by atoms with Crippen LogP contribution >= 0.6 is 0 Å². The summed E-state index contributed by atoms with van der Waals surface area (Å²) in [5.41, 5.74) is 8.57. The minimum Gasteiger partial charge on any atom is -0.397 e. The Morgan fingerprint density at radius 1 is 1.23 bits per heavy atom. The Morgan fingerprint density at radius 2 is 1.91 bits per heavy atom. The average Bonchev–Trinajstić information content (AvgIpc) is 2.48. The Balaban J connectivity index is 2.03. The summed E-state index contributed by atoms with van der Waals surface area (Å²) in [6, 6.07) is 11.3. The van der Waals surface area contributed by atoms with Gasteiger partial charge in [0.15, 0.2) is 0 Å². The van der Waals surface area contributed by atoms with Gasteiger partial charge in [0.05, 0.1) is 16.3 Å². The molecule has 2 aromatic rings. The summed E-state index contributed by atoms with van der Waals surface area (Å²) in [7, 11) is 0. The first-order chi connectivity index (χ1) is 10.5. The highest BCUT2D eigenvalue weighted by molar-refractivity contribution is 6.03. The van der Waals surface area contributed by atoms with E-state index < -0.39 is 4.92 Å². The minimum absolute atomic E-state index is 0.00836. The Labute approximate surface area is 127 Å². The zero-order chi connectivity index (χ0) is 16.1. The molecule has 0 radical (unpaired) electrons. The summed E-state index contributed by atoms with van der Waals surface area (Å²) in [6.45, 7) is 1.91. The molecule has 6 nitrogen and oxygen atoms in total. The lowest BCUT2D eigenvalue weighted by Crippen LogP contribution is -2.09. The second-order valence-corrected chi connectivity index (χ2v) is 4.76. The summed E-state index contributed by atoms with van der Waals surface area (Å²) in [4.78, 5) is 21.9. The van der Waals surface area contributed by atoms with Crippen LogP contribution in [0.4, 0.5) is 17.1 Å². The molecular weight excluding hydrogens is 282 g/mol. The van der Waals surface area contributed by atoms with Crippen LogP contribution in [0.1, 0.15) is 11.1 Å². The highest BCUT2D eigenvalue weighted by Gasteiger charge is 2.04. The number of hydrogen-bond donors (Lipinski definition) is 2. The number of nitrogens with two attached hydrogens (primary N) is 1. The van der Waals surface area contributed by atoms with Gasteiger partial charge in [-0.25, -0.2) is 0 Å². The first-order valence-electron chi connectivity index (χ1n) is 6.55. The maximum Gasteiger partial charge on any atom is 0.269 e. The smallest absolute Gasteiger partial charge is 0.269 e. The molecule has 0 heterocycles. The number of hydrogen-bond acceptors (Lipinski definition) is 4. The standard InChI is InChI=1S/C16H15N3O3/c1-11-2-8-15(14(17)10-11)18-16(20)9-5-12-3-6-13(7-4-12)19(21)22/h2-10H,17H2,1H3,(H,18,20)/b9-5+. The van der Waals surface area contributed by atoms with Gasteiger partial charge in [0.2, 0.25) is 5.91 Å². The number of rotatable bonds is 4. The summed E-state index contributed by atoms with van der Waals surface area (Å²) in [5.74, 6) is -0.325. The normalized spacial score (nSPS) is 10.6. The van der Waals surface area contributed by atoms with Gasteiger partial charge in [-0.05, 0) is 48.4 Å². The molecule has 0 saturated carbocycles. The first-order valence-corrected chi connectivity index (χ1v) is 6.55. The number of aryl methyl sites for hydroxylation is 1. The molecule has 6 heteroatoms. The van der Waals surface area contributed by atoms with Crippen molar-refractivity contribution in [1.29, 1.82) is 0 Å². The van der Waals surface area contributed by atoms with E-state index in [1.54, 1.807) is 30.3 Å². The number of carbonyl (C=O) groups excluding carboxylic acids is 1. The number of nitrogens with zero attached hydrogens (tertiary/aromatic N) is 1. The highest BCUT2D eigenvalue weighted by atomic mass is 16.6. The van der Waals surface area contributed by atoms with Gasteiger partial charge in [-0.15, -0.1) is 0 Å². The monoisotopic (exact) mass is 297 g/mol. The zero-order valence-electron chi connectivity index (χ0n) is 11.9. The number of nitrogen functional groups attached to an aromatic ring is 1. The van der Waals surface area contributed by atoms with Crippen molar-refractivity contribution in [2.24, 2.45) is 0 Å². The van der Waals surface area contributed by atoms with Gasteiger partial charge >= 0.3 is 0 Å². The molecule has 2 aromatic carbocycles. The first kappa shape index (κ1) is 15.2. The second-order valence-electron chi connectivity index (χ2n) is 4.76. The van der Waals surface area contributed by atoms with Crippen LogP contribution in [0.5, 0.6) is 0 Å². The molecule has 0 aliphatic rings. The molecule has 3 N–H and O–H groups in total. The van der Waals surface area contributed by atoms with Crippen molar-refractivity contribution in [1.82, 2.24) is 0 Å². The van der Waals surface area contributed by atoms with Gasteiger partial charge in [0, 0.05) is 18.2 Å². The number of non-ortho nitro benzene ring substituents is 1. The Kier molecular flexibility index (Phi) is 4.53. The molecule has 0 spiro atoms. The molecule has 112 valence electrons. The molecule has 22 heavy (non-hydrogen) atoms. The molecule has 0 saturated heterocycles. The van der Waals surface area contributed by atoms with Gasteiger partial charge in [-0.2, -0.15) is 0 Å². The number of nitrogens with one attached hydrogen (secondary N) is 1. The molecule has 0 atom stereocenters. The Hall–Kier alpha value is -3.15. The molecule has 0 aliphatic carbocycles. The van der Waals surface area contributed by atoms with E-state index in [-0.39, 0.29) is 11.6 Å². The molecule has 0 aliphatic heterocycles. The van der Waals surface area contributed by atoms with Crippen LogP contribution in [0.25, 0.3) is 6.08 Å². The van der Waals surface area contributed by atoms with E-state index in [0.717, 1.165) is 5.56 Å². The molecule has 2 rings (SSSR count). The summed E-state index contributed by atoms with van der Waals surface area (Å²) in [5, 5.41) is 13.2. The van der Waals surface area contributed by atoms with Crippen molar-refractivity contribution in [3.8, 4) is 0 Å². The van der Waals surface area contributed by atoms with Crippen LogP contribution in [0, 0.1) is 17.0 Å². The van der Waals surface area contributed by atoms with E-state index in [1.165, 1.54) is 18.2 Å². The van der Waals surface area contributed by atoms with E-state index in [9.17, 15) is 14.9 Å². The third-order valence-corrected chi connectivity index (χ3v) is 3.00. The van der Waals surface area contributed by atoms with E-state index in [2.05, 4.69) is 5.32 Å². The van der Waals surface area contributed by atoms with E-state index in [0.29, 0.717) is 16.9 Å². The topological polar surface area (TPSA) is 98.3 Å². The number of amides is 1. The second kappa shape index (κ2) is 6.53. The van der Waals surface area contributed by atoms with Gasteiger partial charge in [0.1, 0.15) is 0 Å². The largest absolute Gasteiger partial charge is 0.397 e. The van der Waals surface area contributed by atoms with Crippen molar-refractivity contribution >= 4 is 29.0 Å². The van der Waals surface area contributed by atoms with Crippen LogP contribution < -0.4 is 11.1 Å². The lowest BCUT2D eigenvalue weighted by molar-refractivity contribution is -0.384. The van der Waals surface area contributed by atoms with Crippen LogP contribution in [0.3, 0.4) is 0 Å². The van der Waals surface area contributed by atoms with E-state index in [4.69, 9.17) is 5.73 Å². The number of nitro benzene ring substituents is 1. The maximum absolute atomic E-state index is 11.8. The maximum atomic E-state index is 11.8. The van der Waals surface area contributed by atoms with Gasteiger partial charge < -0.3 is 11.1 Å². The fraction of sp³-hybridized carbons (Fsp3) is 0.0625. The van der Waals surface area contributed by atoms with Crippen molar-refractivity contribution in [2.45, 2.75) is 6.92 Å². The zero-order valence-corrected chi connectivity index (χ0v) is 11.9. The SMILES string of the molecule is Cc1ccc(NC(=O)/C=C/c2ccc([N+](=O)[O-])cc2)c(N)c1. The van der Waals surface area contributed by atoms with Gasteiger partial charge in [-0.3, -0.25) is 14.9 Å². The third kappa shape index (κ3) is 3.92. The van der Waals surface area contributed by atoms with Crippen molar-refractivity contribution in [3.63, 3.8) is 0 Å². The quantitative estimate of drug-likeness (QED) is 0.392.